The number of hydrogen-bond acceptors (Lipinski definition) is 7. The number of hydrogen-bond donors (Lipinski definition) is 2. The van der Waals surface area contributed by atoms with E-state index < -0.39 is 11.4 Å². The number of aromatic nitrogens is 3. The van der Waals surface area contributed by atoms with Gasteiger partial charge >= 0.3 is 12.0 Å². The van der Waals surface area contributed by atoms with E-state index in [1.54, 1.807) is 0 Å². The van der Waals surface area contributed by atoms with Crippen LogP contribution >= 0.6 is 0 Å². The summed E-state index contributed by atoms with van der Waals surface area (Å²) < 4.78 is 11.4. The summed E-state index contributed by atoms with van der Waals surface area (Å²) in [6.07, 6.45) is 1.94. The quantitative estimate of drug-likeness (QED) is 0.265. The van der Waals surface area contributed by atoms with Crippen LogP contribution in [-0.2, 0) is 16.6 Å². The summed E-state index contributed by atoms with van der Waals surface area (Å²) in [6, 6.07) is 25.9. The molecule has 184 valence electrons. The smallest absolute Gasteiger partial charge is 0.320 e. The lowest BCUT2D eigenvalue weighted by Gasteiger charge is -2.11. The minimum Gasteiger partial charge on any atom is -0.481 e. The fourth-order valence-corrected chi connectivity index (χ4v) is 4.51. The number of benzene rings is 3. The molecule has 0 amide bonds. The van der Waals surface area contributed by atoms with Crippen LogP contribution in [0, 0.1) is 6.92 Å². The summed E-state index contributed by atoms with van der Waals surface area (Å²) in [5.74, 6) is 0.333. The van der Waals surface area contributed by atoms with Crippen molar-refractivity contribution in [3.05, 3.63) is 102 Å². The topological polar surface area (TPSA) is 114 Å². The summed E-state index contributed by atoms with van der Waals surface area (Å²) in [5, 5.41) is 25.1. The van der Waals surface area contributed by atoms with E-state index in [1.807, 2.05) is 85.8 Å². The van der Waals surface area contributed by atoms with Gasteiger partial charge in [0.15, 0.2) is 5.76 Å². The van der Waals surface area contributed by atoms with E-state index in [9.17, 15) is 9.90 Å². The van der Waals surface area contributed by atoms with E-state index in [0.29, 0.717) is 42.3 Å². The largest absolute Gasteiger partial charge is 0.481 e. The molecule has 8 heteroatoms. The predicted octanol–water partition coefficient (Wildman–Crippen LogP) is 6.15. The number of carboxylic acids is 1. The van der Waals surface area contributed by atoms with Gasteiger partial charge in [-0.15, -0.1) is 5.10 Å². The molecule has 2 aromatic heterocycles. The van der Waals surface area contributed by atoms with Crippen molar-refractivity contribution in [1.82, 2.24) is 15.4 Å². The van der Waals surface area contributed by atoms with E-state index >= 15 is 0 Å². The van der Waals surface area contributed by atoms with Gasteiger partial charge in [-0.3, -0.25) is 4.79 Å². The van der Waals surface area contributed by atoms with Crippen LogP contribution in [0.25, 0.3) is 22.5 Å². The third-order valence-corrected chi connectivity index (χ3v) is 6.84. The highest BCUT2D eigenvalue weighted by atomic mass is 16.5. The van der Waals surface area contributed by atoms with Crippen molar-refractivity contribution < 1.29 is 18.8 Å². The highest BCUT2D eigenvalue weighted by molar-refractivity contribution is 5.85. The van der Waals surface area contributed by atoms with Gasteiger partial charge in [0.1, 0.15) is 11.4 Å². The monoisotopic (exact) mass is 492 g/mol. The molecule has 2 N–H and O–H groups in total. The number of nitrogens with one attached hydrogen (secondary N) is 1. The first kappa shape index (κ1) is 22.7. The molecule has 0 aliphatic heterocycles. The van der Waals surface area contributed by atoms with Gasteiger partial charge in [-0.05, 0) is 42.0 Å². The van der Waals surface area contributed by atoms with E-state index in [0.717, 1.165) is 27.8 Å². The van der Waals surface area contributed by atoms with Crippen LogP contribution in [0.2, 0.25) is 0 Å². The number of nitrogens with zero attached hydrogens (tertiary/aromatic N) is 3. The number of anilines is 2. The second-order valence-corrected chi connectivity index (χ2v) is 9.30. The molecule has 1 aliphatic carbocycles. The van der Waals surface area contributed by atoms with Crippen LogP contribution in [0.5, 0.6) is 0 Å². The molecule has 0 spiro atoms. The number of aryl methyl sites for hydroxylation is 1. The van der Waals surface area contributed by atoms with Crippen molar-refractivity contribution in [2.75, 3.05) is 5.32 Å². The highest BCUT2D eigenvalue weighted by Gasteiger charge is 2.51. The van der Waals surface area contributed by atoms with E-state index in [-0.39, 0.29) is 6.01 Å². The molecule has 6 rings (SSSR count). The maximum atomic E-state index is 11.6. The number of aliphatic carboxylic acids is 1. The van der Waals surface area contributed by atoms with Crippen molar-refractivity contribution >= 4 is 17.7 Å². The van der Waals surface area contributed by atoms with Crippen LogP contribution in [0.1, 0.15) is 35.6 Å². The van der Waals surface area contributed by atoms with Gasteiger partial charge in [0.05, 0.1) is 11.8 Å². The molecule has 0 bridgehead atoms. The fourth-order valence-electron chi connectivity index (χ4n) is 4.51. The minimum absolute atomic E-state index is 0.269. The number of rotatable bonds is 8. The average Bonchev–Trinajstić information content (AvgIpc) is 3.52. The van der Waals surface area contributed by atoms with Crippen LogP contribution in [0.3, 0.4) is 0 Å². The zero-order chi connectivity index (χ0) is 25.4. The van der Waals surface area contributed by atoms with Gasteiger partial charge in [-0.1, -0.05) is 89.1 Å². The van der Waals surface area contributed by atoms with Crippen LogP contribution in [0.4, 0.5) is 11.7 Å². The summed E-state index contributed by atoms with van der Waals surface area (Å²) >= 11 is 0. The minimum atomic E-state index is -0.746. The molecule has 0 radical (unpaired) electrons. The Balaban J connectivity index is 1.19. The first-order chi connectivity index (χ1) is 18.0. The Morgan fingerprint density at radius 2 is 1.57 bits per heavy atom. The maximum absolute atomic E-state index is 11.6. The molecular formula is C29H24N4O4. The van der Waals surface area contributed by atoms with Crippen molar-refractivity contribution in [3.63, 3.8) is 0 Å². The lowest BCUT2D eigenvalue weighted by molar-refractivity contribution is -0.140. The number of carbonyl (C=O) groups is 1. The van der Waals surface area contributed by atoms with Gasteiger partial charge < -0.3 is 19.4 Å². The van der Waals surface area contributed by atoms with E-state index in [4.69, 9.17) is 8.94 Å². The Kier molecular flexibility index (Phi) is 5.56. The number of carboxylic acid groups (broad SMARTS) is 1. The molecular weight excluding hydrogens is 468 g/mol. The molecule has 0 atom stereocenters. The lowest BCUT2D eigenvalue weighted by Crippen LogP contribution is -2.19. The van der Waals surface area contributed by atoms with Gasteiger partial charge in [0, 0.05) is 5.56 Å². The normalized spacial score (nSPS) is 13.9. The summed E-state index contributed by atoms with van der Waals surface area (Å²) in [7, 11) is 0. The average molecular weight is 493 g/mol. The predicted molar refractivity (Wildman–Crippen MR) is 137 cm³/mol. The van der Waals surface area contributed by atoms with Gasteiger partial charge in [0.2, 0.25) is 5.89 Å². The van der Waals surface area contributed by atoms with Gasteiger partial charge in [-0.25, -0.2) is 0 Å². The van der Waals surface area contributed by atoms with Crippen molar-refractivity contribution in [2.24, 2.45) is 0 Å². The van der Waals surface area contributed by atoms with Crippen LogP contribution in [-0.4, -0.2) is 26.4 Å². The Morgan fingerprint density at radius 1 is 0.919 bits per heavy atom. The molecule has 5 aromatic rings. The Bertz CT molecular complexity index is 1550. The van der Waals surface area contributed by atoms with Crippen LogP contribution in [0.15, 0.2) is 87.8 Å². The molecule has 0 saturated heterocycles. The maximum Gasteiger partial charge on any atom is 0.320 e. The Hall–Kier alpha value is -4.72. The SMILES string of the molecule is Cc1noc(-c2ccc(-c3ccc(C4(C(=O)O)CC4)cc3)cc2)c1Nc1nnc(Cc2ccccc2)o1. The third-order valence-electron chi connectivity index (χ3n) is 6.84. The molecule has 2 heterocycles. The second-order valence-electron chi connectivity index (χ2n) is 9.30. The highest BCUT2D eigenvalue weighted by Crippen LogP contribution is 2.48. The summed E-state index contributed by atoms with van der Waals surface area (Å²) in [5.41, 5.74) is 5.46. The van der Waals surface area contributed by atoms with Gasteiger partial charge in [0.25, 0.3) is 0 Å². The van der Waals surface area contributed by atoms with Gasteiger partial charge in [-0.2, -0.15) is 0 Å². The van der Waals surface area contributed by atoms with Crippen molar-refractivity contribution in [2.45, 2.75) is 31.6 Å². The fraction of sp³-hybridized carbons (Fsp3) is 0.172. The zero-order valence-corrected chi connectivity index (χ0v) is 20.1. The lowest BCUT2D eigenvalue weighted by atomic mass is 9.93. The van der Waals surface area contributed by atoms with Crippen molar-refractivity contribution in [3.8, 4) is 22.5 Å². The Labute approximate surface area is 213 Å². The Morgan fingerprint density at radius 3 is 2.22 bits per heavy atom. The first-order valence-electron chi connectivity index (χ1n) is 12.1. The molecule has 1 fully saturated rings. The zero-order valence-electron chi connectivity index (χ0n) is 20.1. The molecule has 1 saturated carbocycles. The standard InChI is InChI=1S/C29H24N4O4/c1-18-25(30-28-32-31-24(36-28)17-19-5-3-2-4-6-19)26(37-33-18)22-9-7-20(8-10-22)21-11-13-23(14-12-21)29(15-16-29)27(34)35/h2-14H,15-17H2,1H3,(H,30,32)(H,34,35). The molecule has 1 aliphatic rings. The first-order valence-corrected chi connectivity index (χ1v) is 12.1. The molecule has 37 heavy (non-hydrogen) atoms. The summed E-state index contributed by atoms with van der Waals surface area (Å²) in [4.78, 5) is 11.6. The second kappa shape index (κ2) is 9.05. The summed E-state index contributed by atoms with van der Waals surface area (Å²) in [6.45, 7) is 1.84. The van der Waals surface area contributed by atoms with E-state index in [1.165, 1.54) is 0 Å². The molecule has 8 nitrogen and oxygen atoms in total. The molecule has 0 unspecified atom stereocenters. The third kappa shape index (κ3) is 4.38. The van der Waals surface area contributed by atoms with E-state index in [2.05, 4.69) is 20.7 Å². The molecule has 3 aromatic carbocycles. The van der Waals surface area contributed by atoms with Crippen LogP contribution < -0.4 is 5.32 Å². The van der Waals surface area contributed by atoms with Crippen molar-refractivity contribution in [1.29, 1.82) is 0 Å².